The Morgan fingerprint density at radius 2 is 2.10 bits per heavy atom. The molecule has 0 unspecified atom stereocenters. The Bertz CT molecular complexity index is 797. The van der Waals surface area contributed by atoms with Crippen molar-refractivity contribution < 1.29 is 8.42 Å². The van der Waals surface area contributed by atoms with Crippen LogP contribution in [0.1, 0.15) is 11.1 Å². The maximum atomic E-state index is 12.4. The van der Waals surface area contributed by atoms with Gasteiger partial charge in [0.15, 0.2) is 0 Å². The Kier molecular flexibility index (Phi) is 4.91. The summed E-state index contributed by atoms with van der Waals surface area (Å²) in [6, 6.07) is 8.44. The van der Waals surface area contributed by atoms with Crippen molar-refractivity contribution in [3.8, 4) is 11.8 Å². The Balaban J connectivity index is 2.37. The number of hydrogen-bond acceptors (Lipinski definition) is 4. The van der Waals surface area contributed by atoms with Gasteiger partial charge in [-0.3, -0.25) is 4.72 Å². The van der Waals surface area contributed by atoms with E-state index >= 15 is 0 Å². The Hall–Kier alpha value is -1.52. The number of rotatable bonds is 3. The number of para-hydroxylation sites is 1. The zero-order valence-corrected chi connectivity index (χ0v) is 13.6. The highest BCUT2D eigenvalue weighted by molar-refractivity contribution is 7.94. The molecule has 0 aliphatic heterocycles. The summed E-state index contributed by atoms with van der Waals surface area (Å²) in [6.45, 7) is 1.97. The number of nitrogens with two attached hydrogens (primary N) is 1. The van der Waals surface area contributed by atoms with Gasteiger partial charge in [0, 0.05) is 5.56 Å². The molecule has 4 nitrogen and oxygen atoms in total. The standard InChI is InChI=1S/C14H13ClN2O2S2/c1-10-9-13(20-14(10)15)21(18,19)17-12-7-3-2-5-11(12)6-4-8-16/h2-3,5,7,9,17H,8,16H2,1H3. The molecule has 0 spiro atoms. The van der Waals surface area contributed by atoms with E-state index in [1.165, 1.54) is 0 Å². The van der Waals surface area contributed by atoms with E-state index in [-0.39, 0.29) is 10.8 Å². The van der Waals surface area contributed by atoms with Gasteiger partial charge in [-0.05, 0) is 30.7 Å². The van der Waals surface area contributed by atoms with E-state index in [4.69, 9.17) is 17.3 Å². The van der Waals surface area contributed by atoms with Gasteiger partial charge in [0.1, 0.15) is 4.21 Å². The van der Waals surface area contributed by atoms with Crippen LogP contribution in [0.2, 0.25) is 4.34 Å². The molecule has 0 saturated heterocycles. The van der Waals surface area contributed by atoms with Gasteiger partial charge in [0.2, 0.25) is 0 Å². The second kappa shape index (κ2) is 6.50. The van der Waals surface area contributed by atoms with Crippen LogP contribution in [-0.4, -0.2) is 15.0 Å². The molecule has 0 aliphatic rings. The summed E-state index contributed by atoms with van der Waals surface area (Å²) in [4.78, 5) is 0. The summed E-state index contributed by atoms with van der Waals surface area (Å²) in [5, 5.41) is 0. The minimum absolute atomic E-state index is 0.173. The minimum Gasteiger partial charge on any atom is -0.320 e. The molecule has 0 saturated carbocycles. The molecule has 0 fully saturated rings. The molecule has 0 radical (unpaired) electrons. The highest BCUT2D eigenvalue weighted by Crippen LogP contribution is 2.31. The number of nitrogens with one attached hydrogen (secondary N) is 1. The van der Waals surface area contributed by atoms with Gasteiger partial charge in [0.05, 0.1) is 16.6 Å². The molecular formula is C14H13ClN2O2S2. The van der Waals surface area contributed by atoms with E-state index in [9.17, 15) is 8.42 Å². The van der Waals surface area contributed by atoms with Crippen molar-refractivity contribution in [3.05, 3.63) is 45.8 Å². The molecule has 0 bridgehead atoms. The predicted octanol–water partition coefficient (Wildman–Crippen LogP) is 2.82. The smallest absolute Gasteiger partial charge is 0.271 e. The first-order chi connectivity index (χ1) is 9.94. The van der Waals surface area contributed by atoms with Crippen molar-refractivity contribution in [1.82, 2.24) is 0 Å². The van der Waals surface area contributed by atoms with Crippen molar-refractivity contribution in [2.45, 2.75) is 11.1 Å². The number of anilines is 1. The van der Waals surface area contributed by atoms with E-state index in [0.717, 1.165) is 16.9 Å². The number of benzene rings is 1. The average Bonchev–Trinajstić information content (AvgIpc) is 2.78. The molecule has 2 aromatic rings. The van der Waals surface area contributed by atoms with Crippen LogP contribution in [-0.2, 0) is 10.0 Å². The monoisotopic (exact) mass is 340 g/mol. The van der Waals surface area contributed by atoms with E-state index < -0.39 is 10.0 Å². The third kappa shape index (κ3) is 3.77. The van der Waals surface area contributed by atoms with Crippen LogP contribution in [0.3, 0.4) is 0 Å². The molecule has 7 heteroatoms. The fourth-order valence-electron chi connectivity index (χ4n) is 1.59. The first-order valence-electron chi connectivity index (χ1n) is 6.01. The van der Waals surface area contributed by atoms with Gasteiger partial charge < -0.3 is 5.73 Å². The number of halogens is 1. The lowest BCUT2D eigenvalue weighted by atomic mass is 10.2. The van der Waals surface area contributed by atoms with Crippen LogP contribution in [0.25, 0.3) is 0 Å². The van der Waals surface area contributed by atoms with E-state index in [2.05, 4.69) is 16.6 Å². The molecule has 1 aromatic heterocycles. The molecule has 0 atom stereocenters. The van der Waals surface area contributed by atoms with Gasteiger partial charge >= 0.3 is 0 Å². The normalized spacial score (nSPS) is 10.8. The van der Waals surface area contributed by atoms with Crippen LogP contribution in [0.4, 0.5) is 5.69 Å². The van der Waals surface area contributed by atoms with E-state index in [1.54, 1.807) is 37.3 Å². The van der Waals surface area contributed by atoms with Crippen LogP contribution in [0, 0.1) is 18.8 Å². The molecule has 2 rings (SSSR count). The minimum atomic E-state index is -3.68. The van der Waals surface area contributed by atoms with Crippen molar-refractivity contribution in [1.29, 1.82) is 0 Å². The van der Waals surface area contributed by atoms with Crippen LogP contribution in [0.15, 0.2) is 34.5 Å². The van der Waals surface area contributed by atoms with Gasteiger partial charge in [-0.1, -0.05) is 35.6 Å². The largest absolute Gasteiger partial charge is 0.320 e. The third-order valence-electron chi connectivity index (χ3n) is 2.60. The predicted molar refractivity (Wildman–Crippen MR) is 87.2 cm³/mol. The molecule has 110 valence electrons. The summed E-state index contributed by atoms with van der Waals surface area (Å²) in [6.07, 6.45) is 0. The van der Waals surface area contributed by atoms with Gasteiger partial charge in [-0.15, -0.1) is 11.3 Å². The molecule has 21 heavy (non-hydrogen) atoms. The van der Waals surface area contributed by atoms with Gasteiger partial charge in [0.25, 0.3) is 10.0 Å². The lowest BCUT2D eigenvalue weighted by Crippen LogP contribution is -2.12. The highest BCUT2D eigenvalue weighted by atomic mass is 35.5. The molecule has 1 aromatic carbocycles. The second-order valence-electron chi connectivity index (χ2n) is 4.18. The topological polar surface area (TPSA) is 72.2 Å². The summed E-state index contributed by atoms with van der Waals surface area (Å²) in [5.41, 5.74) is 7.07. The lowest BCUT2D eigenvalue weighted by Gasteiger charge is -2.08. The third-order valence-corrected chi connectivity index (χ3v) is 5.99. The summed E-state index contributed by atoms with van der Waals surface area (Å²) in [5.74, 6) is 5.55. The van der Waals surface area contributed by atoms with Crippen molar-refractivity contribution in [3.63, 3.8) is 0 Å². The average molecular weight is 341 g/mol. The quantitative estimate of drug-likeness (QED) is 0.844. The first-order valence-corrected chi connectivity index (χ1v) is 8.68. The van der Waals surface area contributed by atoms with Crippen LogP contribution < -0.4 is 10.5 Å². The zero-order chi connectivity index (χ0) is 15.5. The fourth-order valence-corrected chi connectivity index (χ4v) is 4.37. The van der Waals surface area contributed by atoms with Crippen molar-refractivity contribution in [2.75, 3.05) is 11.3 Å². The Labute approximate surface area is 133 Å². The number of hydrogen-bond donors (Lipinski definition) is 2. The van der Waals surface area contributed by atoms with Gasteiger partial charge in [-0.25, -0.2) is 8.42 Å². The van der Waals surface area contributed by atoms with Crippen LogP contribution in [0.5, 0.6) is 0 Å². The highest BCUT2D eigenvalue weighted by Gasteiger charge is 2.19. The number of sulfonamides is 1. The summed E-state index contributed by atoms with van der Waals surface area (Å²) in [7, 11) is -3.68. The fraction of sp³-hybridized carbons (Fsp3) is 0.143. The Morgan fingerprint density at radius 1 is 1.38 bits per heavy atom. The summed E-state index contributed by atoms with van der Waals surface area (Å²) < 4.78 is 27.9. The van der Waals surface area contributed by atoms with Crippen molar-refractivity contribution in [2.24, 2.45) is 5.73 Å². The SMILES string of the molecule is Cc1cc(S(=O)(=O)Nc2ccccc2C#CCN)sc1Cl. The van der Waals surface area contributed by atoms with E-state index in [0.29, 0.717) is 15.6 Å². The van der Waals surface area contributed by atoms with Crippen LogP contribution >= 0.6 is 22.9 Å². The first kappa shape index (κ1) is 15.9. The van der Waals surface area contributed by atoms with E-state index in [1.807, 2.05) is 0 Å². The number of thiophene rings is 1. The molecular weight excluding hydrogens is 328 g/mol. The van der Waals surface area contributed by atoms with Gasteiger partial charge in [-0.2, -0.15) is 0 Å². The Morgan fingerprint density at radius 3 is 2.71 bits per heavy atom. The maximum absolute atomic E-state index is 12.4. The molecule has 0 amide bonds. The molecule has 1 heterocycles. The summed E-state index contributed by atoms with van der Waals surface area (Å²) >= 11 is 6.95. The lowest BCUT2D eigenvalue weighted by molar-refractivity contribution is 0.603. The molecule has 3 N–H and O–H groups in total. The second-order valence-corrected chi connectivity index (χ2v) is 7.74. The van der Waals surface area contributed by atoms with Crippen molar-refractivity contribution >= 4 is 38.6 Å². The molecule has 0 aliphatic carbocycles. The maximum Gasteiger partial charge on any atom is 0.271 e. The zero-order valence-electron chi connectivity index (χ0n) is 11.2. The number of aryl methyl sites for hydroxylation is 1.